The molecule has 1 N–H and O–H groups in total. The van der Waals surface area contributed by atoms with Gasteiger partial charge in [-0.05, 0) is 29.8 Å². The molecular weight excluding hydrogens is 374 g/mol. The number of benzene rings is 2. The number of methoxy groups -OCH3 is 1. The summed E-state index contributed by atoms with van der Waals surface area (Å²) in [7, 11) is 1.61. The summed E-state index contributed by atoms with van der Waals surface area (Å²) in [5.74, 6) is 1.17. The summed E-state index contributed by atoms with van der Waals surface area (Å²) in [5.41, 5.74) is 1.65. The van der Waals surface area contributed by atoms with Crippen molar-refractivity contribution in [3.8, 4) is 17.2 Å². The van der Waals surface area contributed by atoms with Crippen LogP contribution in [-0.4, -0.2) is 29.0 Å². The normalized spacial score (nSPS) is 10.5. The minimum Gasteiger partial charge on any atom is -0.497 e. The Kier molecular flexibility index (Phi) is 6.14. The van der Waals surface area contributed by atoms with E-state index in [1.165, 1.54) is 11.8 Å². The maximum atomic E-state index is 12.0. The smallest absolute Gasteiger partial charge is 0.277 e. The third-order valence-corrected chi connectivity index (χ3v) is 4.63. The average Bonchev–Trinajstić information content (AvgIpc) is 3.14. The van der Waals surface area contributed by atoms with Crippen molar-refractivity contribution < 1.29 is 13.9 Å². The summed E-state index contributed by atoms with van der Waals surface area (Å²) in [6, 6.07) is 14.7. The van der Waals surface area contributed by atoms with Gasteiger partial charge in [0.15, 0.2) is 0 Å². The van der Waals surface area contributed by atoms with E-state index in [1.54, 1.807) is 19.2 Å². The Morgan fingerprint density at radius 3 is 2.69 bits per heavy atom. The zero-order valence-corrected chi connectivity index (χ0v) is 15.5. The Hall–Kier alpha value is -2.51. The van der Waals surface area contributed by atoms with Crippen LogP contribution in [0.5, 0.6) is 5.75 Å². The molecule has 1 heterocycles. The topological polar surface area (TPSA) is 77.2 Å². The molecule has 6 nitrogen and oxygen atoms in total. The quantitative estimate of drug-likeness (QED) is 0.619. The first-order chi connectivity index (χ1) is 12.7. The zero-order valence-electron chi connectivity index (χ0n) is 13.9. The van der Waals surface area contributed by atoms with E-state index in [2.05, 4.69) is 15.5 Å². The van der Waals surface area contributed by atoms with Crippen LogP contribution in [0.3, 0.4) is 0 Å². The number of nitrogens with zero attached hydrogens (tertiary/aromatic N) is 2. The molecule has 26 heavy (non-hydrogen) atoms. The molecule has 1 amide bonds. The van der Waals surface area contributed by atoms with Crippen LogP contribution in [0.2, 0.25) is 5.02 Å². The van der Waals surface area contributed by atoms with Gasteiger partial charge in [-0.2, -0.15) is 0 Å². The number of carbonyl (C=O) groups is 1. The van der Waals surface area contributed by atoms with Gasteiger partial charge >= 0.3 is 0 Å². The molecule has 0 fully saturated rings. The third kappa shape index (κ3) is 4.77. The molecule has 0 saturated carbocycles. The maximum absolute atomic E-state index is 12.0. The summed E-state index contributed by atoms with van der Waals surface area (Å²) in [6.45, 7) is 0.443. The lowest BCUT2D eigenvalue weighted by Crippen LogP contribution is -2.24. The number of hydrogen-bond donors (Lipinski definition) is 1. The minimum absolute atomic E-state index is 0.122. The summed E-state index contributed by atoms with van der Waals surface area (Å²) in [6.07, 6.45) is 0. The minimum atomic E-state index is -0.122. The molecule has 0 unspecified atom stereocenters. The van der Waals surface area contributed by atoms with Gasteiger partial charge in [0.05, 0.1) is 23.4 Å². The van der Waals surface area contributed by atoms with E-state index >= 15 is 0 Å². The predicted octanol–water partition coefficient (Wildman–Crippen LogP) is 3.81. The number of ether oxygens (including phenoxy) is 1. The number of nitrogens with one attached hydrogen (secondary N) is 1. The van der Waals surface area contributed by atoms with E-state index in [9.17, 15) is 4.79 Å². The van der Waals surface area contributed by atoms with Crippen molar-refractivity contribution in [2.24, 2.45) is 0 Å². The number of amides is 1. The van der Waals surface area contributed by atoms with Crippen LogP contribution in [0.15, 0.2) is 58.2 Å². The number of hydrogen-bond acceptors (Lipinski definition) is 6. The number of carbonyl (C=O) groups excluding carboxylic acids is 1. The molecule has 8 heteroatoms. The molecule has 0 aliphatic carbocycles. The number of thioether (sulfide) groups is 1. The van der Waals surface area contributed by atoms with Crippen molar-refractivity contribution in [3.63, 3.8) is 0 Å². The van der Waals surface area contributed by atoms with E-state index < -0.39 is 0 Å². The standard InChI is InChI=1S/C18H16ClN3O3S/c1-24-13-8-6-12(7-9-13)10-20-16(23)11-26-18-22-21-17(25-18)14-4-2-3-5-15(14)19/h2-9H,10-11H2,1H3,(H,20,23). The highest BCUT2D eigenvalue weighted by Gasteiger charge is 2.13. The van der Waals surface area contributed by atoms with Gasteiger partial charge in [-0.25, -0.2) is 0 Å². The van der Waals surface area contributed by atoms with Crippen molar-refractivity contribution in [2.45, 2.75) is 11.8 Å². The second-order valence-corrected chi connectivity index (χ2v) is 6.60. The lowest BCUT2D eigenvalue weighted by Gasteiger charge is -2.05. The van der Waals surface area contributed by atoms with Crippen LogP contribution in [0.4, 0.5) is 0 Å². The maximum Gasteiger partial charge on any atom is 0.277 e. The number of rotatable bonds is 7. The fourth-order valence-electron chi connectivity index (χ4n) is 2.13. The summed E-state index contributed by atoms with van der Waals surface area (Å²) >= 11 is 7.28. The van der Waals surface area contributed by atoms with Gasteiger partial charge in [-0.3, -0.25) is 4.79 Å². The van der Waals surface area contributed by atoms with Crippen molar-refractivity contribution in [1.82, 2.24) is 15.5 Å². The van der Waals surface area contributed by atoms with E-state index in [0.717, 1.165) is 11.3 Å². The number of halogens is 1. The van der Waals surface area contributed by atoms with Crippen molar-refractivity contribution in [1.29, 1.82) is 0 Å². The highest BCUT2D eigenvalue weighted by Crippen LogP contribution is 2.28. The van der Waals surface area contributed by atoms with Crippen LogP contribution in [0.1, 0.15) is 5.56 Å². The van der Waals surface area contributed by atoms with Crippen molar-refractivity contribution in [2.75, 3.05) is 12.9 Å². The van der Waals surface area contributed by atoms with Gasteiger partial charge in [-0.1, -0.05) is 47.6 Å². The third-order valence-electron chi connectivity index (χ3n) is 3.49. The number of aromatic nitrogens is 2. The molecule has 0 aliphatic heterocycles. The molecule has 3 rings (SSSR count). The summed E-state index contributed by atoms with van der Waals surface area (Å²) in [5, 5.41) is 11.6. The van der Waals surface area contributed by atoms with Gasteiger partial charge in [0.2, 0.25) is 11.8 Å². The SMILES string of the molecule is COc1ccc(CNC(=O)CSc2nnc(-c3ccccc3Cl)o2)cc1. The summed E-state index contributed by atoms with van der Waals surface area (Å²) < 4.78 is 10.7. The average molecular weight is 390 g/mol. The van der Waals surface area contributed by atoms with Gasteiger partial charge in [0.1, 0.15) is 5.75 Å². The van der Waals surface area contributed by atoms with Gasteiger partial charge in [-0.15, -0.1) is 10.2 Å². The van der Waals surface area contributed by atoms with Crippen LogP contribution in [0, 0.1) is 0 Å². The van der Waals surface area contributed by atoms with Crippen molar-refractivity contribution in [3.05, 3.63) is 59.1 Å². The highest BCUT2D eigenvalue weighted by atomic mass is 35.5. The van der Waals surface area contributed by atoms with Crippen LogP contribution >= 0.6 is 23.4 Å². The fraction of sp³-hybridized carbons (Fsp3) is 0.167. The Balaban J connectivity index is 1.49. The zero-order chi connectivity index (χ0) is 18.4. The molecule has 134 valence electrons. The van der Waals surface area contributed by atoms with Crippen LogP contribution in [-0.2, 0) is 11.3 Å². The van der Waals surface area contributed by atoms with Gasteiger partial charge in [0, 0.05) is 6.54 Å². The molecular formula is C18H16ClN3O3S. The van der Waals surface area contributed by atoms with Gasteiger partial charge < -0.3 is 14.5 Å². The second-order valence-electron chi connectivity index (χ2n) is 5.27. The van der Waals surface area contributed by atoms with E-state index in [1.807, 2.05) is 36.4 Å². The Morgan fingerprint density at radius 1 is 1.19 bits per heavy atom. The Labute approximate surface area is 159 Å². The first-order valence-electron chi connectivity index (χ1n) is 7.76. The van der Waals surface area contributed by atoms with E-state index in [4.69, 9.17) is 20.8 Å². The molecule has 0 saturated heterocycles. The molecule has 0 radical (unpaired) electrons. The lowest BCUT2D eigenvalue weighted by molar-refractivity contribution is -0.118. The van der Waals surface area contributed by atoms with Gasteiger partial charge in [0.25, 0.3) is 5.22 Å². The molecule has 0 atom stereocenters. The molecule has 0 aliphatic rings. The summed E-state index contributed by atoms with van der Waals surface area (Å²) in [4.78, 5) is 12.0. The molecule has 3 aromatic rings. The van der Waals surface area contributed by atoms with Crippen LogP contribution in [0.25, 0.3) is 11.5 Å². The predicted molar refractivity (Wildman–Crippen MR) is 100 cm³/mol. The first kappa shape index (κ1) is 18.3. The second kappa shape index (κ2) is 8.73. The van der Waals surface area contributed by atoms with E-state index in [0.29, 0.717) is 28.2 Å². The molecule has 0 bridgehead atoms. The fourth-order valence-corrected chi connectivity index (χ4v) is 2.94. The lowest BCUT2D eigenvalue weighted by atomic mass is 10.2. The highest BCUT2D eigenvalue weighted by molar-refractivity contribution is 7.99. The van der Waals surface area contributed by atoms with Crippen LogP contribution < -0.4 is 10.1 Å². The molecule has 0 spiro atoms. The Morgan fingerprint density at radius 2 is 1.96 bits per heavy atom. The molecule has 1 aromatic heterocycles. The monoisotopic (exact) mass is 389 g/mol. The largest absolute Gasteiger partial charge is 0.497 e. The molecule has 2 aromatic carbocycles. The Bertz CT molecular complexity index is 883. The first-order valence-corrected chi connectivity index (χ1v) is 9.13. The van der Waals surface area contributed by atoms with E-state index in [-0.39, 0.29) is 11.7 Å². The van der Waals surface area contributed by atoms with Crippen molar-refractivity contribution >= 4 is 29.3 Å².